The number of aliphatic carboxylic acids is 1. The minimum absolute atomic E-state index is 0.237. The quantitative estimate of drug-likeness (QED) is 0.545. The average molecular weight is 377 g/mol. The summed E-state index contributed by atoms with van der Waals surface area (Å²) in [6.07, 6.45) is 1.35. The molecule has 0 saturated heterocycles. The monoisotopic (exact) mass is 376 g/mol. The van der Waals surface area contributed by atoms with Gasteiger partial charge in [-0.15, -0.1) is 0 Å². The lowest BCUT2D eigenvalue weighted by Crippen LogP contribution is -2.17. The number of para-hydroxylation sites is 1. The van der Waals surface area contributed by atoms with Crippen LogP contribution < -0.4 is 14.9 Å². The van der Waals surface area contributed by atoms with Crippen LogP contribution in [0.3, 0.4) is 0 Å². The molecule has 0 atom stereocenters. The Kier molecular flexibility index (Phi) is 6.99. The van der Waals surface area contributed by atoms with Gasteiger partial charge in [0, 0.05) is 16.1 Å². The van der Waals surface area contributed by atoms with E-state index in [1.807, 2.05) is 0 Å². The number of hydrogen-bond acceptors (Lipinski definition) is 5. The summed E-state index contributed by atoms with van der Waals surface area (Å²) in [5.41, 5.74) is 3.25. The smallest absolute Gasteiger partial charge is 0.341 e. The lowest BCUT2D eigenvalue weighted by molar-refractivity contribution is -0.139. The molecule has 0 unspecified atom stereocenters. The van der Waals surface area contributed by atoms with E-state index in [2.05, 4.69) is 10.5 Å². The molecule has 1 amide bonds. The molecule has 0 heterocycles. The van der Waals surface area contributed by atoms with Crippen LogP contribution >= 0.6 is 11.6 Å². The zero-order valence-corrected chi connectivity index (χ0v) is 14.7. The number of carbonyl (C=O) groups excluding carboxylic acids is 1. The summed E-state index contributed by atoms with van der Waals surface area (Å²) < 4.78 is 10.7. The minimum Gasteiger partial charge on any atom is -0.490 e. The molecule has 0 saturated carbocycles. The molecular formula is C18H17ClN2O5. The summed E-state index contributed by atoms with van der Waals surface area (Å²) >= 11 is 5.78. The van der Waals surface area contributed by atoms with E-state index in [-0.39, 0.29) is 5.75 Å². The highest BCUT2D eigenvalue weighted by atomic mass is 35.5. The molecule has 0 spiro atoms. The fourth-order valence-corrected chi connectivity index (χ4v) is 2.14. The molecule has 136 valence electrons. The van der Waals surface area contributed by atoms with E-state index in [0.717, 1.165) is 0 Å². The summed E-state index contributed by atoms with van der Waals surface area (Å²) in [6.45, 7) is 1.66. The molecule has 2 aromatic rings. The van der Waals surface area contributed by atoms with Crippen molar-refractivity contribution in [1.82, 2.24) is 5.43 Å². The molecule has 2 aromatic carbocycles. The Bertz CT molecular complexity index is 806. The Labute approximate surface area is 155 Å². The number of benzene rings is 2. The van der Waals surface area contributed by atoms with Crippen LogP contribution in [0.5, 0.6) is 11.5 Å². The van der Waals surface area contributed by atoms with Crippen LogP contribution in [0, 0.1) is 0 Å². The number of halogens is 1. The first-order chi connectivity index (χ1) is 12.5. The van der Waals surface area contributed by atoms with E-state index in [1.165, 1.54) is 6.21 Å². The number of carboxylic acids is 1. The van der Waals surface area contributed by atoms with E-state index in [1.54, 1.807) is 49.4 Å². The van der Waals surface area contributed by atoms with Crippen LogP contribution in [0.2, 0.25) is 5.02 Å². The van der Waals surface area contributed by atoms with Crippen molar-refractivity contribution in [1.29, 1.82) is 0 Å². The Balaban J connectivity index is 2.14. The summed E-state index contributed by atoms with van der Waals surface area (Å²) in [5, 5.41) is 13.2. The van der Waals surface area contributed by atoms with Crippen molar-refractivity contribution in [2.45, 2.75) is 6.92 Å². The standard InChI is InChI=1S/C18H17ClN2O5/c1-2-25-15-5-3-4-13(17(15)26-11-16(22)23)10-20-21-18(24)12-6-8-14(19)9-7-12/h3-10H,2,11H2,1H3,(H,21,24)(H,22,23)/b20-10+. The highest BCUT2D eigenvalue weighted by molar-refractivity contribution is 6.30. The maximum absolute atomic E-state index is 12.0. The zero-order valence-electron chi connectivity index (χ0n) is 13.9. The van der Waals surface area contributed by atoms with Gasteiger partial charge in [-0.3, -0.25) is 4.79 Å². The van der Waals surface area contributed by atoms with Gasteiger partial charge in [0.25, 0.3) is 5.91 Å². The molecule has 0 aliphatic rings. The summed E-state index contributed by atoms with van der Waals surface area (Å²) in [4.78, 5) is 22.8. The van der Waals surface area contributed by atoms with Gasteiger partial charge in [0.05, 0.1) is 12.8 Å². The molecular weight excluding hydrogens is 360 g/mol. The van der Waals surface area contributed by atoms with Crippen molar-refractivity contribution >= 4 is 29.7 Å². The van der Waals surface area contributed by atoms with Crippen molar-refractivity contribution in [2.24, 2.45) is 5.10 Å². The Morgan fingerprint density at radius 2 is 1.92 bits per heavy atom. The van der Waals surface area contributed by atoms with E-state index in [4.69, 9.17) is 26.2 Å². The molecule has 0 aliphatic carbocycles. The summed E-state index contributed by atoms with van der Waals surface area (Å²) in [7, 11) is 0. The molecule has 0 aliphatic heterocycles. The number of nitrogens with zero attached hydrogens (tertiary/aromatic N) is 1. The van der Waals surface area contributed by atoms with Crippen LogP contribution in [0.4, 0.5) is 0 Å². The van der Waals surface area contributed by atoms with Crippen LogP contribution in [-0.4, -0.2) is 36.4 Å². The van der Waals surface area contributed by atoms with Gasteiger partial charge in [0.1, 0.15) is 0 Å². The number of hydrazone groups is 1. The van der Waals surface area contributed by atoms with Crippen LogP contribution in [0.25, 0.3) is 0 Å². The predicted molar refractivity (Wildman–Crippen MR) is 97.3 cm³/mol. The second-order valence-electron chi connectivity index (χ2n) is 5.00. The predicted octanol–water partition coefficient (Wildman–Crippen LogP) is 2.97. The Hall–Kier alpha value is -3.06. The van der Waals surface area contributed by atoms with E-state index in [0.29, 0.717) is 28.5 Å². The van der Waals surface area contributed by atoms with Gasteiger partial charge < -0.3 is 14.6 Å². The number of amides is 1. The van der Waals surface area contributed by atoms with Gasteiger partial charge in [-0.05, 0) is 43.3 Å². The third-order valence-electron chi connectivity index (χ3n) is 3.13. The van der Waals surface area contributed by atoms with E-state index < -0.39 is 18.5 Å². The van der Waals surface area contributed by atoms with Crippen LogP contribution in [0.1, 0.15) is 22.8 Å². The average Bonchev–Trinajstić information content (AvgIpc) is 2.61. The van der Waals surface area contributed by atoms with Gasteiger partial charge in [-0.1, -0.05) is 17.7 Å². The van der Waals surface area contributed by atoms with E-state index in [9.17, 15) is 9.59 Å². The molecule has 8 heteroatoms. The first-order valence-corrected chi connectivity index (χ1v) is 8.08. The van der Waals surface area contributed by atoms with Gasteiger partial charge in [0.15, 0.2) is 18.1 Å². The van der Waals surface area contributed by atoms with Crippen molar-refractivity contribution in [3.05, 3.63) is 58.6 Å². The molecule has 0 radical (unpaired) electrons. The number of ether oxygens (including phenoxy) is 2. The summed E-state index contributed by atoms with van der Waals surface area (Å²) in [6, 6.07) is 11.4. The van der Waals surface area contributed by atoms with Crippen molar-refractivity contribution < 1.29 is 24.2 Å². The maximum atomic E-state index is 12.0. The SMILES string of the molecule is CCOc1cccc(/C=N/NC(=O)c2ccc(Cl)cc2)c1OCC(=O)O. The Morgan fingerprint density at radius 1 is 1.19 bits per heavy atom. The lowest BCUT2D eigenvalue weighted by Gasteiger charge is -2.12. The fourth-order valence-electron chi connectivity index (χ4n) is 2.02. The first-order valence-electron chi connectivity index (χ1n) is 7.70. The fraction of sp³-hybridized carbons (Fsp3) is 0.167. The molecule has 2 N–H and O–H groups in total. The van der Waals surface area contributed by atoms with Crippen molar-refractivity contribution in [3.8, 4) is 11.5 Å². The van der Waals surface area contributed by atoms with Gasteiger partial charge in [-0.25, -0.2) is 10.2 Å². The van der Waals surface area contributed by atoms with Crippen LogP contribution in [0.15, 0.2) is 47.6 Å². The normalized spacial score (nSPS) is 10.5. The lowest BCUT2D eigenvalue weighted by atomic mass is 10.2. The minimum atomic E-state index is -1.12. The molecule has 7 nitrogen and oxygen atoms in total. The highest BCUT2D eigenvalue weighted by Crippen LogP contribution is 2.30. The number of carboxylic acid groups (broad SMARTS) is 1. The molecule has 0 aromatic heterocycles. The van der Waals surface area contributed by atoms with Crippen molar-refractivity contribution in [2.75, 3.05) is 13.2 Å². The largest absolute Gasteiger partial charge is 0.490 e. The molecule has 0 bridgehead atoms. The maximum Gasteiger partial charge on any atom is 0.341 e. The number of hydrogen-bond donors (Lipinski definition) is 2. The zero-order chi connectivity index (χ0) is 18.9. The Morgan fingerprint density at radius 3 is 2.58 bits per heavy atom. The third-order valence-corrected chi connectivity index (χ3v) is 3.38. The second-order valence-corrected chi connectivity index (χ2v) is 5.43. The highest BCUT2D eigenvalue weighted by Gasteiger charge is 2.12. The molecule has 26 heavy (non-hydrogen) atoms. The van der Waals surface area contributed by atoms with Crippen molar-refractivity contribution in [3.63, 3.8) is 0 Å². The van der Waals surface area contributed by atoms with Crippen LogP contribution in [-0.2, 0) is 4.79 Å². The number of rotatable bonds is 8. The number of carbonyl (C=O) groups is 2. The van der Waals surface area contributed by atoms with Gasteiger partial charge in [-0.2, -0.15) is 5.10 Å². The third kappa shape index (κ3) is 5.49. The first kappa shape index (κ1) is 19.3. The summed E-state index contributed by atoms with van der Waals surface area (Å²) in [5.74, 6) is -0.898. The molecule has 2 rings (SSSR count). The topological polar surface area (TPSA) is 97.2 Å². The number of nitrogens with one attached hydrogen (secondary N) is 1. The van der Waals surface area contributed by atoms with Gasteiger partial charge in [0.2, 0.25) is 0 Å². The van der Waals surface area contributed by atoms with E-state index >= 15 is 0 Å². The second kappa shape index (κ2) is 9.43. The molecule has 0 fully saturated rings. The van der Waals surface area contributed by atoms with Gasteiger partial charge >= 0.3 is 5.97 Å².